The SMILES string of the molecule is COC(=O)c1nn2c(C(F)(F)F)cc(O)cc2c1C(=O)OC. The highest BCUT2D eigenvalue weighted by atomic mass is 19.4. The number of pyridine rings is 1. The van der Waals surface area contributed by atoms with Gasteiger partial charge in [0.2, 0.25) is 0 Å². The number of halogens is 3. The summed E-state index contributed by atoms with van der Waals surface area (Å²) in [6.45, 7) is 0. The summed E-state index contributed by atoms with van der Waals surface area (Å²) in [4.78, 5) is 23.4. The Morgan fingerprint density at radius 3 is 2.27 bits per heavy atom. The van der Waals surface area contributed by atoms with E-state index >= 15 is 0 Å². The second-order valence-corrected chi connectivity index (χ2v) is 4.10. The highest BCUT2D eigenvalue weighted by Gasteiger charge is 2.37. The number of esters is 2. The number of hydrogen-bond donors (Lipinski definition) is 1. The van der Waals surface area contributed by atoms with E-state index in [0.717, 1.165) is 20.3 Å². The Morgan fingerprint density at radius 1 is 1.18 bits per heavy atom. The van der Waals surface area contributed by atoms with Crippen molar-refractivity contribution in [1.29, 1.82) is 0 Å². The summed E-state index contributed by atoms with van der Waals surface area (Å²) in [5.41, 5.74) is -2.97. The van der Waals surface area contributed by atoms with Gasteiger partial charge in [-0.2, -0.15) is 18.3 Å². The number of fused-ring (bicyclic) bond motifs is 1. The summed E-state index contributed by atoms with van der Waals surface area (Å²) in [6, 6.07) is 1.28. The number of ether oxygens (including phenoxy) is 2. The fourth-order valence-electron chi connectivity index (χ4n) is 1.88. The Morgan fingerprint density at radius 2 is 1.77 bits per heavy atom. The molecule has 0 bridgehead atoms. The molecule has 2 aromatic rings. The molecule has 118 valence electrons. The number of hydrogen-bond acceptors (Lipinski definition) is 6. The van der Waals surface area contributed by atoms with Gasteiger partial charge in [0.25, 0.3) is 0 Å². The van der Waals surface area contributed by atoms with Crippen LogP contribution in [-0.2, 0) is 15.7 Å². The molecule has 2 aromatic heterocycles. The van der Waals surface area contributed by atoms with Crippen LogP contribution in [0.3, 0.4) is 0 Å². The first kappa shape index (κ1) is 15.6. The van der Waals surface area contributed by atoms with E-state index < -0.39 is 46.3 Å². The Bertz CT molecular complexity index is 766. The van der Waals surface area contributed by atoms with E-state index in [9.17, 15) is 27.9 Å². The molecule has 0 unspecified atom stereocenters. The molecule has 2 rings (SSSR count). The van der Waals surface area contributed by atoms with E-state index in [2.05, 4.69) is 14.6 Å². The molecule has 0 aliphatic carbocycles. The average molecular weight is 318 g/mol. The van der Waals surface area contributed by atoms with E-state index in [-0.39, 0.29) is 0 Å². The molecule has 7 nitrogen and oxygen atoms in total. The maximum Gasteiger partial charge on any atom is 0.433 e. The van der Waals surface area contributed by atoms with Gasteiger partial charge in [-0.25, -0.2) is 14.1 Å². The smallest absolute Gasteiger partial charge is 0.433 e. The quantitative estimate of drug-likeness (QED) is 0.847. The van der Waals surface area contributed by atoms with Crippen molar-refractivity contribution in [2.45, 2.75) is 6.18 Å². The third kappa shape index (κ3) is 2.43. The molecule has 0 saturated carbocycles. The first-order chi connectivity index (χ1) is 10.2. The first-order valence-electron chi connectivity index (χ1n) is 5.70. The van der Waals surface area contributed by atoms with Crippen LogP contribution in [-0.4, -0.2) is 40.9 Å². The predicted octanol–water partition coefficient (Wildman–Crippen LogP) is 1.63. The Kier molecular flexibility index (Phi) is 3.69. The van der Waals surface area contributed by atoms with Crippen molar-refractivity contribution in [2.24, 2.45) is 0 Å². The van der Waals surface area contributed by atoms with Crippen molar-refractivity contribution < 1.29 is 37.3 Å². The molecule has 1 N–H and O–H groups in total. The molecule has 10 heteroatoms. The maximum absolute atomic E-state index is 13.0. The normalized spacial score (nSPS) is 11.5. The molecule has 0 amide bonds. The van der Waals surface area contributed by atoms with Crippen LogP contribution in [0.1, 0.15) is 26.5 Å². The van der Waals surface area contributed by atoms with Gasteiger partial charge in [-0.3, -0.25) is 0 Å². The molecule has 0 radical (unpaired) electrons. The summed E-state index contributed by atoms with van der Waals surface area (Å²) >= 11 is 0. The second kappa shape index (κ2) is 5.20. The number of carbonyl (C=O) groups excluding carboxylic acids is 2. The zero-order valence-corrected chi connectivity index (χ0v) is 11.3. The highest BCUT2D eigenvalue weighted by molar-refractivity contribution is 6.07. The molecule has 0 fully saturated rings. The van der Waals surface area contributed by atoms with Crippen molar-refractivity contribution in [2.75, 3.05) is 14.2 Å². The van der Waals surface area contributed by atoms with Gasteiger partial charge in [-0.05, 0) is 0 Å². The van der Waals surface area contributed by atoms with Gasteiger partial charge < -0.3 is 14.6 Å². The molecule has 2 heterocycles. The van der Waals surface area contributed by atoms with Crippen LogP contribution in [0.25, 0.3) is 5.52 Å². The molecular weight excluding hydrogens is 309 g/mol. The van der Waals surface area contributed by atoms with Gasteiger partial charge in [0.05, 0.1) is 19.7 Å². The van der Waals surface area contributed by atoms with Crippen molar-refractivity contribution >= 4 is 17.5 Å². The number of alkyl halides is 3. The van der Waals surface area contributed by atoms with Crippen LogP contribution in [0.2, 0.25) is 0 Å². The molecule has 0 aromatic carbocycles. The number of aromatic hydroxyl groups is 1. The van der Waals surface area contributed by atoms with Crippen LogP contribution >= 0.6 is 0 Å². The molecule has 22 heavy (non-hydrogen) atoms. The van der Waals surface area contributed by atoms with Crippen LogP contribution in [0.4, 0.5) is 13.2 Å². The Hall–Kier alpha value is -2.78. The standard InChI is InChI=1S/C12H9F3N2O5/c1-21-10(19)8-6-3-5(18)4-7(12(13,14)15)17(6)16-9(8)11(20)22-2/h3-4,18H,1-2H3. The van der Waals surface area contributed by atoms with Crippen LogP contribution in [0, 0.1) is 0 Å². The molecule has 0 aliphatic heterocycles. The second-order valence-electron chi connectivity index (χ2n) is 4.10. The fourth-order valence-corrected chi connectivity index (χ4v) is 1.88. The first-order valence-corrected chi connectivity index (χ1v) is 5.70. The van der Waals surface area contributed by atoms with Crippen LogP contribution in [0.5, 0.6) is 5.75 Å². The van der Waals surface area contributed by atoms with E-state index in [1.807, 2.05) is 0 Å². The molecule has 0 atom stereocenters. The predicted molar refractivity (Wildman–Crippen MR) is 64.5 cm³/mol. The molecular formula is C12H9F3N2O5. The topological polar surface area (TPSA) is 90.1 Å². The minimum absolute atomic E-state index is 0.332. The number of carbonyl (C=O) groups is 2. The average Bonchev–Trinajstić information content (AvgIpc) is 2.82. The lowest BCUT2D eigenvalue weighted by molar-refractivity contribution is -0.142. The van der Waals surface area contributed by atoms with Gasteiger partial charge >= 0.3 is 18.1 Å². The molecule has 0 aliphatic rings. The van der Waals surface area contributed by atoms with Crippen LogP contribution in [0.15, 0.2) is 12.1 Å². The van der Waals surface area contributed by atoms with Gasteiger partial charge in [-0.15, -0.1) is 0 Å². The summed E-state index contributed by atoms with van der Waals surface area (Å²) < 4.78 is 48.2. The summed E-state index contributed by atoms with van der Waals surface area (Å²) in [5, 5.41) is 12.9. The van der Waals surface area contributed by atoms with Crippen LogP contribution < -0.4 is 0 Å². The number of rotatable bonds is 2. The number of aromatic nitrogens is 2. The summed E-state index contributed by atoms with van der Waals surface area (Å²) in [6.07, 6.45) is -4.87. The third-order valence-corrected chi connectivity index (χ3v) is 2.78. The Balaban J connectivity index is 2.93. The van der Waals surface area contributed by atoms with Crippen molar-refractivity contribution in [1.82, 2.24) is 9.61 Å². The Labute approximate surface area is 120 Å². The number of nitrogens with zero attached hydrogens (tertiary/aromatic N) is 2. The van der Waals surface area contributed by atoms with E-state index in [0.29, 0.717) is 10.6 Å². The lowest BCUT2D eigenvalue weighted by Crippen LogP contribution is -2.12. The lowest BCUT2D eigenvalue weighted by atomic mass is 10.2. The molecule has 0 spiro atoms. The summed E-state index contributed by atoms with van der Waals surface area (Å²) in [5.74, 6) is -2.95. The van der Waals surface area contributed by atoms with Crippen molar-refractivity contribution in [3.8, 4) is 5.75 Å². The largest absolute Gasteiger partial charge is 0.508 e. The van der Waals surface area contributed by atoms with E-state index in [4.69, 9.17) is 0 Å². The third-order valence-electron chi connectivity index (χ3n) is 2.78. The minimum atomic E-state index is -4.87. The maximum atomic E-state index is 13.0. The monoisotopic (exact) mass is 318 g/mol. The fraction of sp³-hybridized carbons (Fsp3) is 0.250. The zero-order chi connectivity index (χ0) is 16.7. The van der Waals surface area contributed by atoms with Gasteiger partial charge in [-0.1, -0.05) is 0 Å². The van der Waals surface area contributed by atoms with E-state index in [1.54, 1.807) is 0 Å². The van der Waals surface area contributed by atoms with Crippen molar-refractivity contribution in [3.05, 3.63) is 29.1 Å². The summed E-state index contributed by atoms with van der Waals surface area (Å²) in [7, 11) is 1.97. The van der Waals surface area contributed by atoms with Crippen molar-refractivity contribution in [3.63, 3.8) is 0 Å². The molecule has 0 saturated heterocycles. The number of methoxy groups -OCH3 is 2. The van der Waals surface area contributed by atoms with Gasteiger partial charge in [0.15, 0.2) is 5.69 Å². The lowest BCUT2D eigenvalue weighted by Gasteiger charge is -2.09. The van der Waals surface area contributed by atoms with Gasteiger partial charge in [0.1, 0.15) is 17.0 Å². The van der Waals surface area contributed by atoms with E-state index in [1.165, 1.54) is 0 Å². The highest BCUT2D eigenvalue weighted by Crippen LogP contribution is 2.34. The van der Waals surface area contributed by atoms with Gasteiger partial charge in [0, 0.05) is 12.1 Å². The minimum Gasteiger partial charge on any atom is -0.508 e. The zero-order valence-electron chi connectivity index (χ0n) is 11.3.